The number of rotatable bonds is 10. The first-order valence-corrected chi connectivity index (χ1v) is 9.03. The lowest BCUT2D eigenvalue weighted by Gasteiger charge is -2.14. The smallest absolute Gasteiger partial charge is 0.221 e. The summed E-state index contributed by atoms with van der Waals surface area (Å²) >= 11 is 0. The predicted molar refractivity (Wildman–Crippen MR) is 107 cm³/mol. The van der Waals surface area contributed by atoms with E-state index in [2.05, 4.69) is 37.4 Å². The van der Waals surface area contributed by atoms with E-state index in [1.165, 1.54) is 16.7 Å². The van der Waals surface area contributed by atoms with Crippen molar-refractivity contribution in [3.8, 4) is 5.75 Å². The SMILES string of the molecule is Cc1ccc(CCCNc2cc(CC(N)=O)ccc2OCCN)cc1C. The van der Waals surface area contributed by atoms with Gasteiger partial charge in [0.25, 0.3) is 0 Å². The minimum atomic E-state index is -0.346. The Morgan fingerprint density at radius 3 is 2.54 bits per heavy atom. The minimum Gasteiger partial charge on any atom is -0.490 e. The monoisotopic (exact) mass is 355 g/mol. The van der Waals surface area contributed by atoms with Crippen LogP contribution in [-0.2, 0) is 17.6 Å². The Bertz CT molecular complexity index is 744. The van der Waals surface area contributed by atoms with Gasteiger partial charge in [-0.05, 0) is 61.1 Å². The molecule has 0 saturated heterocycles. The molecule has 0 atom stereocenters. The second kappa shape index (κ2) is 9.82. The summed E-state index contributed by atoms with van der Waals surface area (Å²) in [6, 6.07) is 12.2. The molecule has 0 heterocycles. The molecule has 0 aliphatic rings. The molecule has 5 heteroatoms. The van der Waals surface area contributed by atoms with E-state index in [9.17, 15) is 4.79 Å². The van der Waals surface area contributed by atoms with Crippen molar-refractivity contribution in [1.82, 2.24) is 0 Å². The fourth-order valence-corrected chi connectivity index (χ4v) is 2.80. The zero-order valence-electron chi connectivity index (χ0n) is 15.7. The second-order valence-electron chi connectivity index (χ2n) is 6.56. The molecule has 2 aromatic rings. The van der Waals surface area contributed by atoms with Gasteiger partial charge in [-0.15, -0.1) is 0 Å². The van der Waals surface area contributed by atoms with Crippen LogP contribution in [0.4, 0.5) is 5.69 Å². The van der Waals surface area contributed by atoms with Crippen LogP contribution in [0.1, 0.15) is 28.7 Å². The van der Waals surface area contributed by atoms with Crippen molar-refractivity contribution in [2.75, 3.05) is 25.0 Å². The van der Waals surface area contributed by atoms with Crippen LogP contribution in [-0.4, -0.2) is 25.6 Å². The Morgan fingerprint density at radius 1 is 1.08 bits per heavy atom. The molecule has 26 heavy (non-hydrogen) atoms. The number of hydrogen-bond donors (Lipinski definition) is 3. The van der Waals surface area contributed by atoms with E-state index >= 15 is 0 Å². The van der Waals surface area contributed by atoms with Crippen LogP contribution in [0, 0.1) is 13.8 Å². The summed E-state index contributed by atoms with van der Waals surface area (Å²) in [7, 11) is 0. The molecule has 140 valence electrons. The number of ether oxygens (including phenoxy) is 1. The first-order valence-electron chi connectivity index (χ1n) is 9.03. The Morgan fingerprint density at radius 2 is 1.85 bits per heavy atom. The number of primary amides is 1. The number of carbonyl (C=O) groups excluding carboxylic acids is 1. The number of benzene rings is 2. The highest BCUT2D eigenvalue weighted by Gasteiger charge is 2.07. The lowest BCUT2D eigenvalue weighted by Crippen LogP contribution is -2.15. The summed E-state index contributed by atoms with van der Waals surface area (Å²) < 4.78 is 5.69. The third-order valence-corrected chi connectivity index (χ3v) is 4.33. The number of nitrogens with two attached hydrogens (primary N) is 2. The summed E-state index contributed by atoms with van der Waals surface area (Å²) in [5, 5.41) is 3.41. The lowest BCUT2D eigenvalue weighted by molar-refractivity contribution is -0.117. The number of carbonyl (C=O) groups is 1. The van der Waals surface area contributed by atoms with Gasteiger partial charge in [-0.2, -0.15) is 0 Å². The number of nitrogens with one attached hydrogen (secondary N) is 1. The van der Waals surface area contributed by atoms with Gasteiger partial charge in [0.05, 0.1) is 12.1 Å². The fourth-order valence-electron chi connectivity index (χ4n) is 2.80. The van der Waals surface area contributed by atoms with E-state index in [1.54, 1.807) is 0 Å². The van der Waals surface area contributed by atoms with Gasteiger partial charge in [-0.25, -0.2) is 0 Å². The number of amides is 1. The molecule has 0 bridgehead atoms. The third-order valence-electron chi connectivity index (χ3n) is 4.33. The molecule has 1 amide bonds. The van der Waals surface area contributed by atoms with E-state index < -0.39 is 0 Å². The van der Waals surface area contributed by atoms with E-state index in [4.69, 9.17) is 16.2 Å². The van der Waals surface area contributed by atoms with Crippen molar-refractivity contribution in [3.05, 3.63) is 58.7 Å². The van der Waals surface area contributed by atoms with Crippen LogP contribution in [0.5, 0.6) is 5.75 Å². The molecule has 2 aromatic carbocycles. The maximum Gasteiger partial charge on any atom is 0.221 e. The van der Waals surface area contributed by atoms with Gasteiger partial charge >= 0.3 is 0 Å². The zero-order chi connectivity index (χ0) is 18.9. The van der Waals surface area contributed by atoms with Gasteiger partial charge in [-0.1, -0.05) is 24.3 Å². The molecule has 0 saturated carbocycles. The summed E-state index contributed by atoms with van der Waals surface area (Å²) in [6.07, 6.45) is 2.22. The minimum absolute atomic E-state index is 0.217. The molecule has 0 radical (unpaired) electrons. The molecular weight excluding hydrogens is 326 g/mol. The molecular formula is C21H29N3O2. The zero-order valence-corrected chi connectivity index (χ0v) is 15.7. The van der Waals surface area contributed by atoms with E-state index in [0.29, 0.717) is 13.2 Å². The van der Waals surface area contributed by atoms with Crippen LogP contribution in [0.3, 0.4) is 0 Å². The molecule has 5 N–H and O–H groups in total. The van der Waals surface area contributed by atoms with Crippen molar-refractivity contribution < 1.29 is 9.53 Å². The van der Waals surface area contributed by atoms with Crippen LogP contribution in [0.15, 0.2) is 36.4 Å². The molecule has 5 nitrogen and oxygen atoms in total. The molecule has 2 rings (SSSR count). The Hall–Kier alpha value is -2.53. The van der Waals surface area contributed by atoms with Crippen LogP contribution in [0.25, 0.3) is 0 Å². The number of hydrogen-bond acceptors (Lipinski definition) is 4. The first-order chi connectivity index (χ1) is 12.5. The van der Waals surface area contributed by atoms with Crippen molar-refractivity contribution in [1.29, 1.82) is 0 Å². The average Bonchev–Trinajstić information content (AvgIpc) is 2.60. The molecule has 0 aromatic heterocycles. The summed E-state index contributed by atoms with van der Waals surface area (Å²) in [4.78, 5) is 11.2. The second-order valence-corrected chi connectivity index (χ2v) is 6.56. The first kappa shape index (κ1) is 19.8. The maximum absolute atomic E-state index is 11.2. The Kier molecular flexibility index (Phi) is 7.48. The van der Waals surface area contributed by atoms with Crippen molar-refractivity contribution in [3.63, 3.8) is 0 Å². The molecule has 0 unspecified atom stereocenters. The highest BCUT2D eigenvalue weighted by Crippen LogP contribution is 2.26. The topological polar surface area (TPSA) is 90.4 Å². The molecule has 0 aliphatic carbocycles. The van der Waals surface area contributed by atoms with Crippen LogP contribution >= 0.6 is 0 Å². The van der Waals surface area contributed by atoms with Gasteiger partial charge in [0.15, 0.2) is 0 Å². The van der Waals surface area contributed by atoms with Crippen molar-refractivity contribution >= 4 is 11.6 Å². The van der Waals surface area contributed by atoms with Crippen LogP contribution < -0.4 is 21.5 Å². The Balaban J connectivity index is 1.96. The quantitative estimate of drug-likeness (QED) is 0.572. The van der Waals surface area contributed by atoms with Gasteiger partial charge in [0.2, 0.25) is 5.91 Å². The highest BCUT2D eigenvalue weighted by molar-refractivity contribution is 5.77. The number of anilines is 1. The summed E-state index contributed by atoms with van der Waals surface area (Å²) in [5.74, 6) is 0.399. The fraction of sp³-hybridized carbons (Fsp3) is 0.381. The van der Waals surface area contributed by atoms with Gasteiger partial charge in [0, 0.05) is 13.1 Å². The van der Waals surface area contributed by atoms with E-state index in [-0.39, 0.29) is 12.3 Å². The van der Waals surface area contributed by atoms with Crippen molar-refractivity contribution in [2.24, 2.45) is 11.5 Å². The number of aryl methyl sites for hydroxylation is 3. The maximum atomic E-state index is 11.2. The van der Waals surface area contributed by atoms with E-state index in [0.717, 1.165) is 36.4 Å². The molecule has 0 aliphatic heterocycles. The largest absolute Gasteiger partial charge is 0.490 e. The third kappa shape index (κ3) is 6.08. The lowest BCUT2D eigenvalue weighted by atomic mass is 10.0. The predicted octanol–water partition coefficient (Wildman–Crippen LogP) is 2.71. The highest BCUT2D eigenvalue weighted by atomic mass is 16.5. The summed E-state index contributed by atoms with van der Waals surface area (Å²) in [6.45, 7) is 5.98. The summed E-state index contributed by atoms with van der Waals surface area (Å²) in [5.41, 5.74) is 16.6. The van der Waals surface area contributed by atoms with Gasteiger partial charge in [-0.3, -0.25) is 4.79 Å². The Labute approximate surface area is 155 Å². The molecule has 0 fully saturated rings. The normalized spacial score (nSPS) is 10.6. The van der Waals surface area contributed by atoms with Gasteiger partial charge in [0.1, 0.15) is 12.4 Å². The van der Waals surface area contributed by atoms with E-state index in [1.807, 2.05) is 18.2 Å². The van der Waals surface area contributed by atoms with Crippen LogP contribution in [0.2, 0.25) is 0 Å². The average molecular weight is 355 g/mol. The van der Waals surface area contributed by atoms with Crippen molar-refractivity contribution in [2.45, 2.75) is 33.1 Å². The molecule has 0 spiro atoms. The standard InChI is InChI=1S/C21H29N3O2/c1-15-5-6-17(12-16(15)2)4-3-10-24-19-13-18(14-21(23)25)7-8-20(19)26-11-9-22/h5-8,12-13,24H,3-4,9-11,14,22H2,1-2H3,(H2,23,25). The van der Waals surface area contributed by atoms with Gasteiger partial charge < -0.3 is 21.5 Å².